The number of carbonyl (C=O) groups is 1. The van der Waals surface area contributed by atoms with Crippen molar-refractivity contribution in [3.05, 3.63) is 33.0 Å². The first-order valence-electron chi connectivity index (χ1n) is 6.71. The summed E-state index contributed by atoms with van der Waals surface area (Å²) in [6.45, 7) is 2.02. The van der Waals surface area contributed by atoms with E-state index in [2.05, 4.69) is 5.10 Å². The van der Waals surface area contributed by atoms with E-state index in [1.165, 1.54) is 21.5 Å². The van der Waals surface area contributed by atoms with Crippen molar-refractivity contribution in [2.24, 2.45) is 7.05 Å². The number of morpholine rings is 1. The number of aromatic nitrogens is 3. The lowest BCUT2D eigenvalue weighted by atomic mass is 10.3. The molecule has 0 saturated carbocycles. The number of rotatable bonds is 2. The number of nitrogens with zero attached hydrogens (tertiary/aromatic N) is 3. The van der Waals surface area contributed by atoms with Gasteiger partial charge in [-0.05, 0) is 0 Å². The minimum absolute atomic E-state index is 0.0664. The van der Waals surface area contributed by atoms with Gasteiger partial charge in [-0.2, -0.15) is 0 Å². The van der Waals surface area contributed by atoms with Crippen LogP contribution in [0.1, 0.15) is 0 Å². The van der Waals surface area contributed by atoms with Gasteiger partial charge in [0.25, 0.3) is 11.1 Å². The molecule has 112 valence electrons. The van der Waals surface area contributed by atoms with Crippen molar-refractivity contribution in [3.63, 3.8) is 0 Å². The fraction of sp³-hybridized carbons (Fsp3) is 0.462. The minimum atomic E-state index is -0.307. The van der Waals surface area contributed by atoms with Crippen LogP contribution in [-0.2, 0) is 23.1 Å². The number of H-pyrrole nitrogens is 1. The van der Waals surface area contributed by atoms with E-state index in [1.807, 2.05) is 0 Å². The van der Waals surface area contributed by atoms with E-state index >= 15 is 0 Å². The highest BCUT2D eigenvalue weighted by Gasteiger charge is 2.18. The molecule has 1 fully saturated rings. The van der Waals surface area contributed by atoms with Crippen LogP contribution in [0, 0.1) is 0 Å². The molecule has 3 rings (SSSR count). The van der Waals surface area contributed by atoms with Crippen molar-refractivity contribution in [1.82, 2.24) is 19.2 Å². The van der Waals surface area contributed by atoms with Gasteiger partial charge in [0.2, 0.25) is 5.91 Å². The Hall–Kier alpha value is -2.35. The molecular weight excluding hydrogens is 276 g/mol. The summed E-state index contributed by atoms with van der Waals surface area (Å²) in [5.74, 6) is -0.146. The second kappa shape index (κ2) is 5.21. The lowest BCUT2D eigenvalue weighted by Gasteiger charge is -2.27. The van der Waals surface area contributed by atoms with Crippen LogP contribution in [0.2, 0.25) is 0 Å². The summed E-state index contributed by atoms with van der Waals surface area (Å²) in [4.78, 5) is 37.6. The Morgan fingerprint density at radius 2 is 2.05 bits per heavy atom. The van der Waals surface area contributed by atoms with Gasteiger partial charge in [-0.1, -0.05) is 0 Å². The van der Waals surface area contributed by atoms with Gasteiger partial charge in [0.05, 0.1) is 24.1 Å². The van der Waals surface area contributed by atoms with Crippen molar-refractivity contribution in [1.29, 1.82) is 0 Å². The van der Waals surface area contributed by atoms with Crippen LogP contribution in [0.5, 0.6) is 0 Å². The Bertz CT molecular complexity index is 795. The van der Waals surface area contributed by atoms with Gasteiger partial charge in [-0.25, -0.2) is 0 Å². The van der Waals surface area contributed by atoms with Crippen LogP contribution in [0.25, 0.3) is 10.9 Å². The van der Waals surface area contributed by atoms with E-state index < -0.39 is 0 Å². The van der Waals surface area contributed by atoms with Gasteiger partial charge in [-0.15, -0.1) is 0 Å². The zero-order chi connectivity index (χ0) is 15.0. The molecule has 3 heterocycles. The minimum Gasteiger partial charge on any atom is -0.378 e. The van der Waals surface area contributed by atoms with Gasteiger partial charge < -0.3 is 14.2 Å². The average Bonchev–Trinajstić information content (AvgIpc) is 2.75. The number of nitrogens with one attached hydrogen (secondary N) is 1. The third-order valence-electron chi connectivity index (χ3n) is 3.65. The van der Waals surface area contributed by atoms with E-state index in [4.69, 9.17) is 4.74 Å². The van der Waals surface area contributed by atoms with Crippen LogP contribution in [-0.4, -0.2) is 51.5 Å². The summed E-state index contributed by atoms with van der Waals surface area (Å²) < 4.78 is 7.96. The predicted molar refractivity (Wildman–Crippen MR) is 75.2 cm³/mol. The Balaban J connectivity index is 1.91. The van der Waals surface area contributed by atoms with E-state index in [-0.39, 0.29) is 23.6 Å². The molecule has 0 bridgehead atoms. The van der Waals surface area contributed by atoms with Gasteiger partial charge in [0.1, 0.15) is 6.54 Å². The summed E-state index contributed by atoms with van der Waals surface area (Å²) in [5.41, 5.74) is -0.0566. The summed E-state index contributed by atoms with van der Waals surface area (Å²) in [7, 11) is 1.66. The van der Waals surface area contributed by atoms with Crippen molar-refractivity contribution in [2.45, 2.75) is 6.54 Å². The first-order chi connectivity index (χ1) is 10.1. The van der Waals surface area contributed by atoms with Crippen LogP contribution >= 0.6 is 0 Å². The van der Waals surface area contributed by atoms with Crippen molar-refractivity contribution in [3.8, 4) is 0 Å². The zero-order valence-corrected chi connectivity index (χ0v) is 11.7. The standard InChI is InChI=1S/C13H16N4O4/c1-15-10-6-11(18)17(7-9(10)13(20)14-15)8-12(19)16-2-4-21-5-3-16/h6-7H,2-5,8H2,1H3,(H,14,20). The number of amides is 1. The van der Waals surface area contributed by atoms with Crippen LogP contribution in [0.3, 0.4) is 0 Å². The number of carbonyl (C=O) groups excluding carboxylic acids is 1. The molecule has 1 amide bonds. The van der Waals surface area contributed by atoms with Gasteiger partial charge >= 0.3 is 0 Å². The molecule has 1 N–H and O–H groups in total. The van der Waals surface area contributed by atoms with Gasteiger partial charge in [0.15, 0.2) is 0 Å². The topological polar surface area (TPSA) is 89.3 Å². The van der Waals surface area contributed by atoms with Crippen molar-refractivity contribution in [2.75, 3.05) is 26.3 Å². The maximum Gasteiger partial charge on any atom is 0.273 e. The quantitative estimate of drug-likeness (QED) is 0.760. The number of pyridine rings is 1. The molecule has 0 radical (unpaired) electrons. The first-order valence-corrected chi connectivity index (χ1v) is 6.71. The maximum atomic E-state index is 12.2. The third kappa shape index (κ3) is 2.49. The smallest absolute Gasteiger partial charge is 0.273 e. The maximum absolute atomic E-state index is 12.2. The lowest BCUT2D eigenvalue weighted by Crippen LogP contribution is -2.43. The molecule has 0 aliphatic carbocycles. The molecule has 0 aromatic carbocycles. The fourth-order valence-corrected chi connectivity index (χ4v) is 2.47. The third-order valence-corrected chi connectivity index (χ3v) is 3.65. The molecule has 2 aromatic heterocycles. The van der Waals surface area contributed by atoms with Crippen LogP contribution in [0.4, 0.5) is 0 Å². The molecule has 0 atom stereocenters. The number of hydrogen-bond donors (Lipinski definition) is 1. The number of hydrogen-bond acceptors (Lipinski definition) is 4. The largest absolute Gasteiger partial charge is 0.378 e. The Kier molecular flexibility index (Phi) is 3.38. The molecule has 21 heavy (non-hydrogen) atoms. The molecule has 1 saturated heterocycles. The van der Waals surface area contributed by atoms with E-state index in [1.54, 1.807) is 11.9 Å². The van der Waals surface area contributed by atoms with Crippen LogP contribution in [0.15, 0.2) is 21.9 Å². The molecule has 8 nitrogen and oxygen atoms in total. The normalized spacial score (nSPS) is 15.6. The molecule has 1 aliphatic heterocycles. The summed E-state index contributed by atoms with van der Waals surface area (Å²) in [5, 5.41) is 2.98. The highest BCUT2D eigenvalue weighted by Crippen LogP contribution is 2.05. The highest BCUT2D eigenvalue weighted by atomic mass is 16.5. The molecule has 2 aromatic rings. The molecular formula is C13H16N4O4. The second-order valence-electron chi connectivity index (χ2n) is 5.03. The van der Waals surface area contributed by atoms with E-state index in [0.717, 1.165) is 0 Å². The Labute approximate surface area is 119 Å². The zero-order valence-electron chi connectivity index (χ0n) is 11.7. The van der Waals surface area contributed by atoms with Crippen LogP contribution < -0.4 is 11.1 Å². The SMILES string of the molecule is Cn1[nH]c(=O)c2cn(CC(=O)N3CCOCC3)c(=O)cc21. The Morgan fingerprint density at radius 1 is 1.33 bits per heavy atom. The van der Waals surface area contributed by atoms with Gasteiger partial charge in [0, 0.05) is 32.4 Å². The Morgan fingerprint density at radius 3 is 2.76 bits per heavy atom. The molecule has 1 aliphatic rings. The number of aromatic amines is 1. The van der Waals surface area contributed by atoms with Crippen molar-refractivity contribution < 1.29 is 9.53 Å². The monoisotopic (exact) mass is 292 g/mol. The van der Waals surface area contributed by atoms with E-state index in [0.29, 0.717) is 37.2 Å². The molecule has 0 unspecified atom stereocenters. The fourth-order valence-electron chi connectivity index (χ4n) is 2.47. The summed E-state index contributed by atoms with van der Waals surface area (Å²) in [6.07, 6.45) is 1.44. The average molecular weight is 292 g/mol. The number of ether oxygens (including phenoxy) is 1. The van der Waals surface area contributed by atoms with E-state index in [9.17, 15) is 14.4 Å². The van der Waals surface area contributed by atoms with Gasteiger partial charge in [-0.3, -0.25) is 24.2 Å². The first kappa shape index (κ1) is 13.6. The molecule has 8 heteroatoms. The second-order valence-corrected chi connectivity index (χ2v) is 5.03. The van der Waals surface area contributed by atoms with Crippen molar-refractivity contribution >= 4 is 16.8 Å². The lowest BCUT2D eigenvalue weighted by molar-refractivity contribution is -0.135. The predicted octanol–water partition coefficient (Wildman–Crippen LogP) is -1.11. The number of fused-ring (bicyclic) bond motifs is 1. The summed E-state index contributed by atoms with van der Waals surface area (Å²) in [6, 6.07) is 1.36. The molecule has 0 spiro atoms. The summed E-state index contributed by atoms with van der Waals surface area (Å²) >= 11 is 0. The number of aryl methyl sites for hydroxylation is 1. The highest BCUT2D eigenvalue weighted by molar-refractivity contribution is 5.79.